The van der Waals surface area contributed by atoms with Gasteiger partial charge in [-0.05, 0) is 19.1 Å². The van der Waals surface area contributed by atoms with Crippen LogP contribution in [0.1, 0.15) is 24.2 Å². The summed E-state index contributed by atoms with van der Waals surface area (Å²) in [7, 11) is 0. The van der Waals surface area contributed by atoms with Gasteiger partial charge < -0.3 is 9.88 Å². The van der Waals surface area contributed by atoms with Crippen LogP contribution in [-0.4, -0.2) is 11.1 Å². The van der Waals surface area contributed by atoms with Gasteiger partial charge >= 0.3 is 6.18 Å². The molecular formula is C13H13F3N2. The van der Waals surface area contributed by atoms with E-state index in [1.807, 2.05) is 17.6 Å². The Hall–Kier alpha value is -1.49. The molecule has 0 spiro atoms. The van der Waals surface area contributed by atoms with Crippen LogP contribution in [0.15, 0.2) is 24.3 Å². The van der Waals surface area contributed by atoms with Crippen LogP contribution in [0.25, 0.3) is 10.9 Å². The lowest BCUT2D eigenvalue weighted by Gasteiger charge is -2.25. The molecular weight excluding hydrogens is 241 g/mol. The smallest absolute Gasteiger partial charge is 0.339 e. The van der Waals surface area contributed by atoms with Crippen molar-refractivity contribution in [3.63, 3.8) is 0 Å². The second-order valence-corrected chi connectivity index (χ2v) is 4.73. The quantitative estimate of drug-likeness (QED) is 0.763. The van der Waals surface area contributed by atoms with E-state index in [1.165, 1.54) is 6.07 Å². The molecule has 3 rings (SSSR count). The van der Waals surface area contributed by atoms with Crippen LogP contribution in [0.2, 0.25) is 0 Å². The van der Waals surface area contributed by atoms with E-state index in [4.69, 9.17) is 0 Å². The summed E-state index contributed by atoms with van der Waals surface area (Å²) in [5, 5.41) is 3.87. The minimum absolute atomic E-state index is 0.0368. The molecule has 18 heavy (non-hydrogen) atoms. The van der Waals surface area contributed by atoms with Gasteiger partial charge in [-0.25, -0.2) is 0 Å². The Kier molecular flexibility index (Phi) is 2.41. The zero-order valence-electron chi connectivity index (χ0n) is 9.88. The third kappa shape index (κ3) is 1.61. The Balaban J connectivity index is 2.36. The zero-order chi connectivity index (χ0) is 12.9. The summed E-state index contributed by atoms with van der Waals surface area (Å²) < 4.78 is 41.0. The van der Waals surface area contributed by atoms with Crippen molar-refractivity contribution >= 4 is 10.9 Å². The van der Waals surface area contributed by atoms with Gasteiger partial charge in [-0.1, -0.05) is 12.1 Å². The molecule has 5 heteroatoms. The Labute approximate surface area is 102 Å². The van der Waals surface area contributed by atoms with Crippen molar-refractivity contribution in [2.24, 2.45) is 0 Å². The number of aromatic nitrogens is 1. The molecule has 1 aliphatic heterocycles. The minimum atomic E-state index is -4.31. The van der Waals surface area contributed by atoms with E-state index in [0.717, 1.165) is 11.8 Å². The lowest BCUT2D eigenvalue weighted by Crippen LogP contribution is -2.31. The van der Waals surface area contributed by atoms with Crippen LogP contribution in [0.3, 0.4) is 0 Å². The normalized spacial score (nSPS) is 20.1. The van der Waals surface area contributed by atoms with Crippen LogP contribution < -0.4 is 5.32 Å². The van der Waals surface area contributed by atoms with Crippen LogP contribution in [0.5, 0.6) is 0 Å². The SMILES string of the molecule is CC1CNCc2cc3cccc(C(F)(F)F)c3n21. The number of nitrogens with zero attached hydrogens (tertiary/aromatic N) is 1. The van der Waals surface area contributed by atoms with Crippen LogP contribution in [0, 0.1) is 0 Å². The fourth-order valence-corrected chi connectivity index (χ4v) is 2.71. The molecule has 1 aromatic carbocycles. The fraction of sp³-hybridized carbons (Fsp3) is 0.385. The first kappa shape index (κ1) is 11.6. The highest BCUT2D eigenvalue weighted by Gasteiger charge is 2.35. The van der Waals surface area contributed by atoms with E-state index >= 15 is 0 Å². The number of fused-ring (bicyclic) bond motifs is 3. The van der Waals surface area contributed by atoms with Gasteiger partial charge in [0.2, 0.25) is 0 Å². The summed E-state index contributed by atoms with van der Waals surface area (Å²) in [5.41, 5.74) is 0.689. The molecule has 0 radical (unpaired) electrons. The van der Waals surface area contributed by atoms with E-state index in [9.17, 15) is 13.2 Å². The summed E-state index contributed by atoms with van der Waals surface area (Å²) in [6.45, 7) is 3.25. The molecule has 0 bridgehead atoms. The highest BCUT2D eigenvalue weighted by atomic mass is 19.4. The van der Waals surface area contributed by atoms with E-state index < -0.39 is 11.7 Å². The van der Waals surface area contributed by atoms with Crippen molar-refractivity contribution in [3.05, 3.63) is 35.5 Å². The van der Waals surface area contributed by atoms with E-state index in [0.29, 0.717) is 24.0 Å². The fourth-order valence-electron chi connectivity index (χ4n) is 2.71. The Morgan fingerprint density at radius 2 is 2.11 bits per heavy atom. The predicted octanol–water partition coefficient (Wildman–Crippen LogP) is 3.32. The second-order valence-electron chi connectivity index (χ2n) is 4.73. The average molecular weight is 254 g/mol. The largest absolute Gasteiger partial charge is 0.418 e. The van der Waals surface area contributed by atoms with Crippen molar-refractivity contribution in [3.8, 4) is 0 Å². The first-order valence-corrected chi connectivity index (χ1v) is 5.89. The third-order valence-corrected chi connectivity index (χ3v) is 3.43. The number of para-hydroxylation sites is 1. The summed E-state index contributed by atoms with van der Waals surface area (Å²) >= 11 is 0. The van der Waals surface area contributed by atoms with Crippen LogP contribution >= 0.6 is 0 Å². The van der Waals surface area contributed by atoms with Crippen molar-refractivity contribution in [1.82, 2.24) is 9.88 Å². The van der Waals surface area contributed by atoms with Crippen molar-refractivity contribution in [2.45, 2.75) is 25.7 Å². The molecule has 0 amide bonds. The molecule has 96 valence electrons. The minimum Gasteiger partial charge on any atom is -0.339 e. The first-order chi connectivity index (χ1) is 8.48. The molecule has 0 saturated heterocycles. The maximum Gasteiger partial charge on any atom is 0.418 e. The van der Waals surface area contributed by atoms with Gasteiger partial charge in [-0.2, -0.15) is 13.2 Å². The maximum absolute atomic E-state index is 13.1. The number of hydrogen-bond acceptors (Lipinski definition) is 1. The Bertz CT molecular complexity index is 598. The zero-order valence-corrected chi connectivity index (χ0v) is 9.88. The third-order valence-electron chi connectivity index (χ3n) is 3.43. The van der Waals surface area contributed by atoms with Crippen molar-refractivity contribution in [1.29, 1.82) is 0 Å². The molecule has 0 aliphatic carbocycles. The summed E-state index contributed by atoms with van der Waals surface area (Å²) in [4.78, 5) is 0. The Morgan fingerprint density at radius 3 is 2.83 bits per heavy atom. The van der Waals surface area contributed by atoms with Gasteiger partial charge in [-0.15, -0.1) is 0 Å². The Morgan fingerprint density at radius 1 is 1.33 bits per heavy atom. The highest BCUT2D eigenvalue weighted by Crippen LogP contribution is 2.37. The van der Waals surface area contributed by atoms with Gasteiger partial charge in [0.05, 0.1) is 11.1 Å². The topological polar surface area (TPSA) is 17.0 Å². The van der Waals surface area contributed by atoms with Crippen LogP contribution in [0.4, 0.5) is 13.2 Å². The molecule has 2 nitrogen and oxygen atoms in total. The van der Waals surface area contributed by atoms with Gasteiger partial charge in [0, 0.05) is 30.2 Å². The average Bonchev–Trinajstić information content (AvgIpc) is 2.66. The molecule has 1 atom stereocenters. The van der Waals surface area contributed by atoms with Gasteiger partial charge in [0.25, 0.3) is 0 Å². The molecule has 1 unspecified atom stereocenters. The molecule has 1 aromatic heterocycles. The molecule has 1 N–H and O–H groups in total. The first-order valence-electron chi connectivity index (χ1n) is 5.89. The molecule has 0 fully saturated rings. The number of rotatable bonds is 0. The number of benzene rings is 1. The summed E-state index contributed by atoms with van der Waals surface area (Å²) in [6, 6.07) is 6.24. The standard InChI is InChI=1S/C13H13F3N2/c1-8-6-17-7-10-5-9-3-2-4-11(13(14,15)16)12(9)18(8)10/h2-5,8,17H,6-7H2,1H3. The molecule has 0 saturated carbocycles. The monoisotopic (exact) mass is 254 g/mol. The number of nitrogens with one attached hydrogen (secondary N) is 1. The van der Waals surface area contributed by atoms with Crippen LogP contribution in [-0.2, 0) is 12.7 Å². The van der Waals surface area contributed by atoms with Crippen molar-refractivity contribution in [2.75, 3.05) is 6.54 Å². The maximum atomic E-state index is 13.1. The summed E-state index contributed by atoms with van der Waals surface area (Å²) in [6.07, 6.45) is -4.31. The predicted molar refractivity (Wildman–Crippen MR) is 63.4 cm³/mol. The number of hydrogen-bond donors (Lipinski definition) is 1. The highest BCUT2D eigenvalue weighted by molar-refractivity contribution is 5.85. The van der Waals surface area contributed by atoms with E-state index in [-0.39, 0.29) is 6.04 Å². The second kappa shape index (κ2) is 3.75. The van der Waals surface area contributed by atoms with E-state index in [2.05, 4.69) is 5.32 Å². The molecule has 1 aliphatic rings. The lowest BCUT2D eigenvalue weighted by molar-refractivity contribution is -0.136. The molecule has 2 heterocycles. The molecule has 2 aromatic rings. The number of halogens is 3. The lowest BCUT2D eigenvalue weighted by atomic mass is 10.1. The van der Waals surface area contributed by atoms with Gasteiger partial charge in [0.15, 0.2) is 0 Å². The van der Waals surface area contributed by atoms with E-state index in [1.54, 1.807) is 6.07 Å². The van der Waals surface area contributed by atoms with Crippen molar-refractivity contribution < 1.29 is 13.2 Å². The van der Waals surface area contributed by atoms with Gasteiger partial charge in [-0.3, -0.25) is 0 Å². The number of alkyl halides is 3. The van der Waals surface area contributed by atoms with Gasteiger partial charge in [0.1, 0.15) is 0 Å². The summed E-state index contributed by atoms with van der Waals surface area (Å²) in [5.74, 6) is 0.